The van der Waals surface area contributed by atoms with Crippen molar-refractivity contribution in [1.29, 1.82) is 0 Å². The van der Waals surface area contributed by atoms with Crippen molar-refractivity contribution in [1.82, 2.24) is 20.4 Å². The van der Waals surface area contributed by atoms with Crippen LogP contribution in [0.4, 0.5) is 0 Å². The molecule has 21 heavy (non-hydrogen) atoms. The fourth-order valence-corrected chi connectivity index (χ4v) is 3.20. The van der Waals surface area contributed by atoms with E-state index < -0.39 is 0 Å². The molecule has 2 N–H and O–H groups in total. The Bertz CT molecular complexity index is 655. The number of fused-ring (bicyclic) bond motifs is 1. The topological polar surface area (TPSA) is 61.0 Å². The van der Waals surface area contributed by atoms with E-state index in [2.05, 4.69) is 15.5 Å². The second kappa shape index (κ2) is 5.15. The van der Waals surface area contributed by atoms with Crippen molar-refractivity contribution in [3.05, 3.63) is 30.0 Å². The summed E-state index contributed by atoms with van der Waals surface area (Å²) in [4.78, 5) is 14.9. The van der Waals surface area contributed by atoms with Crippen molar-refractivity contribution < 1.29 is 4.79 Å². The minimum atomic E-state index is 0.0728. The fraction of sp³-hybridized carbons (Fsp3) is 0.500. The number of carbonyl (C=O) groups excluding carboxylic acids is 1. The van der Waals surface area contributed by atoms with Gasteiger partial charge in [-0.05, 0) is 38.3 Å². The lowest BCUT2D eigenvalue weighted by Gasteiger charge is -2.25. The van der Waals surface area contributed by atoms with Crippen LogP contribution in [0.1, 0.15) is 36.2 Å². The number of hydrogen-bond donors (Lipinski definition) is 2. The Balaban J connectivity index is 1.61. The highest BCUT2D eigenvalue weighted by Crippen LogP contribution is 2.30. The quantitative estimate of drug-likeness (QED) is 0.901. The van der Waals surface area contributed by atoms with Crippen LogP contribution in [0.5, 0.6) is 0 Å². The van der Waals surface area contributed by atoms with Crippen LogP contribution in [-0.2, 0) is 0 Å². The molecule has 1 aromatic carbocycles. The Hall–Kier alpha value is -1.88. The first-order chi connectivity index (χ1) is 10.3. The molecule has 1 aliphatic heterocycles. The molecular formula is C16H20N4O. The van der Waals surface area contributed by atoms with E-state index in [-0.39, 0.29) is 5.91 Å². The first-order valence-electron chi connectivity index (χ1n) is 7.80. The number of H-pyrrole nitrogens is 1. The van der Waals surface area contributed by atoms with E-state index in [0.29, 0.717) is 17.8 Å². The Morgan fingerprint density at radius 1 is 1.29 bits per heavy atom. The van der Waals surface area contributed by atoms with Gasteiger partial charge in [0.1, 0.15) is 0 Å². The summed E-state index contributed by atoms with van der Waals surface area (Å²) in [5, 5.41) is 11.6. The van der Waals surface area contributed by atoms with Gasteiger partial charge in [0.05, 0.1) is 5.52 Å². The Morgan fingerprint density at radius 2 is 2.14 bits per heavy atom. The smallest absolute Gasteiger partial charge is 0.275 e. The predicted octanol–water partition coefficient (Wildman–Crippen LogP) is 1.92. The first-order valence-corrected chi connectivity index (χ1v) is 7.80. The third kappa shape index (κ3) is 2.42. The summed E-state index contributed by atoms with van der Waals surface area (Å²) in [6, 6.07) is 8.68. The maximum atomic E-state index is 12.9. The molecule has 0 radical (unpaired) electrons. The Labute approximate surface area is 123 Å². The van der Waals surface area contributed by atoms with Gasteiger partial charge in [-0.25, -0.2) is 0 Å². The molecular weight excluding hydrogens is 264 g/mol. The summed E-state index contributed by atoms with van der Waals surface area (Å²) >= 11 is 0. The standard InChI is InChI=1S/C16H20N4O/c21-16(15-13-5-1-2-6-14(13)18-19-15)20(12-7-8-12)10-11-4-3-9-17-11/h1-2,5-6,11-12,17H,3-4,7-10H2,(H,18,19). The van der Waals surface area contributed by atoms with Gasteiger partial charge in [-0.2, -0.15) is 5.10 Å². The van der Waals surface area contributed by atoms with E-state index >= 15 is 0 Å². The van der Waals surface area contributed by atoms with Crippen LogP contribution < -0.4 is 5.32 Å². The molecule has 4 rings (SSSR count). The van der Waals surface area contributed by atoms with Gasteiger partial charge >= 0.3 is 0 Å². The number of nitrogens with one attached hydrogen (secondary N) is 2. The summed E-state index contributed by atoms with van der Waals surface area (Å²) in [5.41, 5.74) is 1.49. The second-order valence-corrected chi connectivity index (χ2v) is 6.10. The number of aromatic amines is 1. The zero-order chi connectivity index (χ0) is 14.2. The van der Waals surface area contributed by atoms with Gasteiger partial charge in [0, 0.05) is 24.0 Å². The van der Waals surface area contributed by atoms with Crippen molar-refractivity contribution in [3.63, 3.8) is 0 Å². The van der Waals surface area contributed by atoms with E-state index in [0.717, 1.165) is 43.3 Å². The van der Waals surface area contributed by atoms with Crippen molar-refractivity contribution in [2.45, 2.75) is 37.8 Å². The van der Waals surface area contributed by atoms with E-state index in [4.69, 9.17) is 0 Å². The van der Waals surface area contributed by atoms with E-state index in [1.54, 1.807) is 0 Å². The van der Waals surface area contributed by atoms with Crippen LogP contribution >= 0.6 is 0 Å². The molecule has 1 saturated heterocycles. The predicted molar refractivity (Wildman–Crippen MR) is 81.2 cm³/mol. The summed E-state index contributed by atoms with van der Waals surface area (Å²) in [7, 11) is 0. The molecule has 1 amide bonds. The van der Waals surface area contributed by atoms with E-state index in [1.165, 1.54) is 6.42 Å². The summed E-state index contributed by atoms with van der Waals surface area (Å²) in [6.45, 7) is 1.88. The lowest BCUT2D eigenvalue weighted by atomic mass is 10.1. The molecule has 5 nitrogen and oxygen atoms in total. The van der Waals surface area contributed by atoms with E-state index in [1.807, 2.05) is 29.2 Å². The molecule has 1 unspecified atom stereocenters. The van der Waals surface area contributed by atoms with Gasteiger partial charge in [0.25, 0.3) is 5.91 Å². The molecule has 1 atom stereocenters. The number of amides is 1. The normalized spacial score (nSPS) is 21.8. The van der Waals surface area contributed by atoms with Crippen molar-refractivity contribution >= 4 is 16.8 Å². The monoisotopic (exact) mass is 284 g/mol. The van der Waals surface area contributed by atoms with Gasteiger partial charge in [0.2, 0.25) is 0 Å². The Kier molecular flexibility index (Phi) is 3.15. The number of benzene rings is 1. The minimum Gasteiger partial charge on any atom is -0.333 e. The highest BCUT2D eigenvalue weighted by Gasteiger charge is 2.36. The van der Waals surface area contributed by atoms with Crippen LogP contribution in [0.25, 0.3) is 10.9 Å². The van der Waals surface area contributed by atoms with Gasteiger partial charge in [0.15, 0.2) is 5.69 Å². The maximum Gasteiger partial charge on any atom is 0.275 e. The average molecular weight is 284 g/mol. The molecule has 2 heterocycles. The molecule has 1 aliphatic carbocycles. The molecule has 0 bridgehead atoms. The summed E-state index contributed by atoms with van der Waals surface area (Å²) in [6.07, 6.45) is 4.63. The molecule has 1 aromatic heterocycles. The molecule has 2 aromatic rings. The molecule has 2 fully saturated rings. The number of aromatic nitrogens is 2. The fourth-order valence-electron chi connectivity index (χ4n) is 3.20. The zero-order valence-electron chi connectivity index (χ0n) is 12.0. The van der Waals surface area contributed by atoms with Gasteiger partial charge in [-0.1, -0.05) is 18.2 Å². The van der Waals surface area contributed by atoms with Crippen molar-refractivity contribution in [3.8, 4) is 0 Å². The lowest BCUT2D eigenvalue weighted by Crippen LogP contribution is -2.42. The van der Waals surface area contributed by atoms with Gasteiger partial charge in [-0.3, -0.25) is 9.89 Å². The van der Waals surface area contributed by atoms with Crippen molar-refractivity contribution in [2.24, 2.45) is 0 Å². The van der Waals surface area contributed by atoms with Gasteiger partial charge < -0.3 is 10.2 Å². The molecule has 1 saturated carbocycles. The number of nitrogens with zero attached hydrogens (tertiary/aromatic N) is 2. The molecule has 5 heteroatoms. The van der Waals surface area contributed by atoms with Crippen LogP contribution in [0.15, 0.2) is 24.3 Å². The highest BCUT2D eigenvalue weighted by molar-refractivity contribution is 6.04. The van der Waals surface area contributed by atoms with Crippen LogP contribution in [0.3, 0.4) is 0 Å². The Morgan fingerprint density at radius 3 is 2.90 bits per heavy atom. The zero-order valence-corrected chi connectivity index (χ0v) is 12.0. The third-order valence-corrected chi connectivity index (χ3v) is 4.50. The SMILES string of the molecule is O=C(c1n[nH]c2ccccc12)N(CC1CCCN1)C1CC1. The lowest BCUT2D eigenvalue weighted by molar-refractivity contribution is 0.0724. The number of hydrogen-bond acceptors (Lipinski definition) is 3. The van der Waals surface area contributed by atoms with Crippen LogP contribution in [0.2, 0.25) is 0 Å². The van der Waals surface area contributed by atoms with E-state index in [9.17, 15) is 4.79 Å². The minimum absolute atomic E-state index is 0.0728. The summed E-state index contributed by atoms with van der Waals surface area (Å²) < 4.78 is 0. The third-order valence-electron chi connectivity index (χ3n) is 4.50. The second-order valence-electron chi connectivity index (χ2n) is 6.10. The van der Waals surface area contributed by atoms with Crippen LogP contribution in [0, 0.1) is 0 Å². The molecule has 2 aliphatic rings. The first kappa shape index (κ1) is 12.8. The van der Waals surface area contributed by atoms with Gasteiger partial charge in [-0.15, -0.1) is 0 Å². The molecule has 110 valence electrons. The number of carbonyl (C=O) groups is 1. The average Bonchev–Trinajstić information content (AvgIpc) is 3.05. The largest absolute Gasteiger partial charge is 0.333 e. The van der Waals surface area contributed by atoms with Crippen molar-refractivity contribution in [2.75, 3.05) is 13.1 Å². The molecule has 0 spiro atoms. The maximum absolute atomic E-state index is 12.9. The number of rotatable bonds is 4. The number of para-hydroxylation sites is 1. The summed E-state index contributed by atoms with van der Waals surface area (Å²) in [5.74, 6) is 0.0728. The van der Waals surface area contributed by atoms with Crippen LogP contribution in [-0.4, -0.2) is 46.2 Å². The highest BCUT2D eigenvalue weighted by atomic mass is 16.2.